The molecule has 7 atom stereocenters. The predicted octanol–water partition coefficient (Wildman–Crippen LogP) is 1.31. The van der Waals surface area contributed by atoms with Gasteiger partial charge >= 0.3 is 11.9 Å². The minimum Gasteiger partial charge on any atom is -0.456 e. The first-order chi connectivity index (χ1) is 15.5. The minimum absolute atomic E-state index is 0.0823. The second-order valence-corrected chi connectivity index (χ2v) is 9.72. The number of aliphatic hydroxyl groups is 5. The van der Waals surface area contributed by atoms with Gasteiger partial charge in [-0.1, -0.05) is 18.7 Å². The number of rotatable bonds is 9. The zero-order valence-electron chi connectivity index (χ0n) is 21.1. The average Bonchev–Trinajstić information content (AvgIpc) is 2.75. The highest BCUT2D eigenvalue weighted by molar-refractivity contribution is 5.88. The molecule has 0 aliphatic heterocycles. The van der Waals surface area contributed by atoms with Crippen LogP contribution in [-0.4, -0.2) is 79.2 Å². The van der Waals surface area contributed by atoms with Crippen molar-refractivity contribution in [2.75, 3.05) is 0 Å². The van der Waals surface area contributed by atoms with Crippen LogP contribution in [0.15, 0.2) is 35.5 Å². The Labute approximate surface area is 201 Å². The summed E-state index contributed by atoms with van der Waals surface area (Å²) in [5.41, 5.74) is -2.78. The molecule has 194 valence electrons. The molecule has 0 spiro atoms. The third kappa shape index (κ3) is 6.99. The smallest absolute Gasteiger partial charge is 0.333 e. The van der Waals surface area contributed by atoms with Crippen molar-refractivity contribution in [3.05, 3.63) is 35.5 Å². The number of aliphatic hydroxyl groups excluding tert-OH is 3. The largest absolute Gasteiger partial charge is 0.456 e. The molecule has 0 aromatic carbocycles. The van der Waals surface area contributed by atoms with Crippen molar-refractivity contribution in [3.63, 3.8) is 0 Å². The summed E-state index contributed by atoms with van der Waals surface area (Å²) in [6.45, 7) is 14.3. The van der Waals surface area contributed by atoms with E-state index in [0.29, 0.717) is 5.57 Å². The molecule has 9 nitrogen and oxygen atoms in total. The van der Waals surface area contributed by atoms with Gasteiger partial charge in [0.2, 0.25) is 0 Å². The molecule has 1 fully saturated rings. The maximum absolute atomic E-state index is 12.3. The van der Waals surface area contributed by atoms with E-state index in [4.69, 9.17) is 9.47 Å². The molecule has 0 amide bonds. The number of ether oxygens (including phenoxy) is 2. The van der Waals surface area contributed by atoms with Gasteiger partial charge in [-0.25, -0.2) is 9.59 Å². The summed E-state index contributed by atoms with van der Waals surface area (Å²) in [6.07, 6.45) is -4.16. The number of allylic oxidation sites excluding steroid dienone is 2. The third-order valence-corrected chi connectivity index (χ3v) is 6.57. The highest BCUT2D eigenvalue weighted by Gasteiger charge is 2.54. The van der Waals surface area contributed by atoms with E-state index in [0.717, 1.165) is 0 Å². The van der Waals surface area contributed by atoms with Gasteiger partial charge < -0.3 is 35.0 Å². The fourth-order valence-corrected chi connectivity index (χ4v) is 3.67. The molecule has 1 rings (SSSR count). The van der Waals surface area contributed by atoms with Crippen molar-refractivity contribution in [3.8, 4) is 0 Å². The Balaban J connectivity index is 3.13. The summed E-state index contributed by atoms with van der Waals surface area (Å²) in [5, 5.41) is 53.6. The molecule has 2 unspecified atom stereocenters. The zero-order chi connectivity index (χ0) is 26.6. The highest BCUT2D eigenvalue weighted by atomic mass is 16.6. The first kappa shape index (κ1) is 30.0. The molecule has 9 heteroatoms. The molecular weight excluding hydrogens is 444 g/mol. The minimum atomic E-state index is -1.94. The molecule has 0 saturated heterocycles. The molecule has 34 heavy (non-hydrogen) atoms. The monoisotopic (exact) mass is 484 g/mol. The quantitative estimate of drug-likeness (QED) is 0.185. The normalized spacial score (nSPS) is 30.4. The van der Waals surface area contributed by atoms with E-state index in [9.17, 15) is 35.1 Å². The van der Waals surface area contributed by atoms with E-state index < -0.39 is 59.6 Å². The summed E-state index contributed by atoms with van der Waals surface area (Å²) in [7, 11) is 0. The summed E-state index contributed by atoms with van der Waals surface area (Å²) in [6, 6.07) is 0. The lowest BCUT2D eigenvalue weighted by atomic mass is 9.69. The van der Waals surface area contributed by atoms with Crippen molar-refractivity contribution >= 4 is 11.9 Å². The van der Waals surface area contributed by atoms with Gasteiger partial charge in [0.05, 0.1) is 17.8 Å². The lowest BCUT2D eigenvalue weighted by Crippen LogP contribution is -2.63. The van der Waals surface area contributed by atoms with Crippen molar-refractivity contribution in [1.82, 2.24) is 0 Å². The maximum atomic E-state index is 12.3. The summed E-state index contributed by atoms with van der Waals surface area (Å²) < 4.78 is 10.7. The molecule has 1 saturated carbocycles. The van der Waals surface area contributed by atoms with E-state index >= 15 is 0 Å². The molecule has 0 heterocycles. The van der Waals surface area contributed by atoms with Gasteiger partial charge in [-0.2, -0.15) is 0 Å². The van der Waals surface area contributed by atoms with E-state index in [1.807, 2.05) is 0 Å². The number of hydrogen-bond donors (Lipinski definition) is 5. The summed E-state index contributed by atoms with van der Waals surface area (Å²) in [5.74, 6) is -2.37. The van der Waals surface area contributed by atoms with Crippen LogP contribution in [0.25, 0.3) is 0 Å². The summed E-state index contributed by atoms with van der Waals surface area (Å²) in [4.78, 5) is 24.5. The Morgan fingerprint density at radius 3 is 2.12 bits per heavy atom. The molecule has 1 aliphatic rings. The van der Waals surface area contributed by atoms with Crippen LogP contribution in [0.4, 0.5) is 0 Å². The average molecular weight is 485 g/mol. The van der Waals surface area contributed by atoms with E-state index in [-0.39, 0.29) is 24.0 Å². The SMILES string of the molecule is C=C(C(O)CC(OC(=O)/C(C)=C\C)C(C)(C)O)[C@H]1C[C@H](O)[C@@](C)(O)[C@@H](OC(=O)/C(C)=C\C)[C@H]1O. The standard InChI is InChI=1S/C25H40O9/c1-9-13(3)22(29)33-19(24(6,7)31)12-17(26)15(5)16-11-18(27)25(8,32)21(20(16)28)34-23(30)14(4)10-2/h9-10,16-21,26-28,31-32H,5,11-12H2,1-4,6-8H3/b13-9-,14-10-/t16-,17?,18+,19?,20+,21+,25-/m1/s1. The number of esters is 2. The lowest BCUT2D eigenvalue weighted by molar-refractivity contribution is -0.221. The Bertz CT molecular complexity index is 819. The van der Waals surface area contributed by atoms with E-state index in [1.54, 1.807) is 26.8 Å². The Hall–Kier alpha value is -2.04. The van der Waals surface area contributed by atoms with Crippen LogP contribution in [0.5, 0.6) is 0 Å². The van der Waals surface area contributed by atoms with E-state index in [2.05, 4.69) is 6.58 Å². The molecule has 0 radical (unpaired) electrons. The summed E-state index contributed by atoms with van der Waals surface area (Å²) >= 11 is 0. The lowest BCUT2D eigenvalue weighted by Gasteiger charge is -2.47. The first-order valence-corrected chi connectivity index (χ1v) is 11.3. The molecule has 0 aromatic heterocycles. The molecule has 0 aromatic rings. The third-order valence-electron chi connectivity index (χ3n) is 6.57. The van der Waals surface area contributed by atoms with Crippen LogP contribution >= 0.6 is 0 Å². The Morgan fingerprint density at radius 2 is 1.65 bits per heavy atom. The van der Waals surface area contributed by atoms with Gasteiger partial charge in [-0.15, -0.1) is 0 Å². The fraction of sp³-hybridized carbons (Fsp3) is 0.680. The van der Waals surface area contributed by atoms with Crippen LogP contribution in [0.2, 0.25) is 0 Å². The van der Waals surface area contributed by atoms with Crippen LogP contribution < -0.4 is 0 Å². The van der Waals surface area contributed by atoms with Gasteiger partial charge in [0.25, 0.3) is 0 Å². The molecule has 0 bridgehead atoms. The predicted molar refractivity (Wildman–Crippen MR) is 125 cm³/mol. The van der Waals surface area contributed by atoms with E-state index in [1.165, 1.54) is 33.8 Å². The van der Waals surface area contributed by atoms with Gasteiger partial charge in [0.1, 0.15) is 17.8 Å². The zero-order valence-corrected chi connectivity index (χ0v) is 21.1. The van der Waals surface area contributed by atoms with Crippen LogP contribution in [-0.2, 0) is 19.1 Å². The first-order valence-electron chi connectivity index (χ1n) is 11.3. The Kier molecular flexibility index (Phi) is 10.2. The van der Waals surface area contributed by atoms with Crippen molar-refractivity contribution < 1.29 is 44.6 Å². The number of hydrogen-bond acceptors (Lipinski definition) is 9. The highest BCUT2D eigenvalue weighted by Crippen LogP contribution is 2.40. The topological polar surface area (TPSA) is 154 Å². The van der Waals surface area contributed by atoms with Gasteiger partial charge in [0, 0.05) is 23.5 Å². The van der Waals surface area contributed by atoms with Gasteiger partial charge in [-0.05, 0) is 60.5 Å². The van der Waals surface area contributed by atoms with Crippen molar-refractivity contribution in [2.24, 2.45) is 5.92 Å². The van der Waals surface area contributed by atoms with Gasteiger partial charge in [-0.3, -0.25) is 0 Å². The van der Waals surface area contributed by atoms with Crippen LogP contribution in [0.1, 0.15) is 61.3 Å². The number of carbonyl (C=O) groups is 2. The van der Waals surface area contributed by atoms with Crippen molar-refractivity contribution in [1.29, 1.82) is 0 Å². The maximum Gasteiger partial charge on any atom is 0.333 e. The molecule has 1 aliphatic carbocycles. The van der Waals surface area contributed by atoms with Crippen LogP contribution in [0.3, 0.4) is 0 Å². The Morgan fingerprint density at radius 1 is 1.15 bits per heavy atom. The van der Waals surface area contributed by atoms with Crippen LogP contribution in [0, 0.1) is 5.92 Å². The van der Waals surface area contributed by atoms with Gasteiger partial charge in [0.15, 0.2) is 6.10 Å². The molecule has 5 N–H and O–H groups in total. The second kappa shape index (κ2) is 11.6. The number of carbonyl (C=O) groups excluding carboxylic acids is 2. The second-order valence-electron chi connectivity index (χ2n) is 9.72. The fourth-order valence-electron chi connectivity index (χ4n) is 3.67. The molecular formula is C25H40O9. The van der Waals surface area contributed by atoms with Crippen molar-refractivity contribution in [2.45, 2.75) is 103 Å².